The Morgan fingerprint density at radius 1 is 1.15 bits per heavy atom. The van der Waals surface area contributed by atoms with Gasteiger partial charge < -0.3 is 14.8 Å². The van der Waals surface area contributed by atoms with Gasteiger partial charge in [-0.15, -0.1) is 11.3 Å². The summed E-state index contributed by atoms with van der Waals surface area (Å²) in [4.78, 5) is 23.8. The standard InChI is InChI=1S/C19H16BrNO4S/c1-11(22)21-18-15(19(23)24-2)13-8-9-14(20)16(17(13)26-18)25-10-12-6-4-3-5-7-12/h3-9H,10H2,1-2H3,(H,21,22). The lowest BCUT2D eigenvalue weighted by atomic mass is 10.1. The van der Waals surface area contributed by atoms with Crippen LogP contribution in [-0.2, 0) is 16.1 Å². The van der Waals surface area contributed by atoms with Crippen molar-refractivity contribution in [2.75, 3.05) is 12.4 Å². The summed E-state index contributed by atoms with van der Waals surface area (Å²) in [6, 6.07) is 13.4. The fourth-order valence-corrected chi connectivity index (χ4v) is 4.34. The Morgan fingerprint density at radius 3 is 2.54 bits per heavy atom. The molecule has 1 aromatic heterocycles. The molecule has 0 spiro atoms. The van der Waals surface area contributed by atoms with Crippen LogP contribution in [0.15, 0.2) is 46.9 Å². The van der Waals surface area contributed by atoms with E-state index in [-0.39, 0.29) is 5.91 Å². The Hall–Kier alpha value is -2.38. The zero-order valence-electron chi connectivity index (χ0n) is 14.2. The fraction of sp³-hybridized carbons (Fsp3) is 0.158. The lowest BCUT2D eigenvalue weighted by molar-refractivity contribution is -0.114. The third kappa shape index (κ3) is 3.73. The number of methoxy groups -OCH3 is 1. The Bertz CT molecular complexity index is 969. The Balaban J connectivity index is 2.08. The summed E-state index contributed by atoms with van der Waals surface area (Å²) in [5.74, 6) is -0.137. The number of thiophene rings is 1. The van der Waals surface area contributed by atoms with Crippen molar-refractivity contribution in [2.24, 2.45) is 0 Å². The van der Waals surface area contributed by atoms with E-state index in [4.69, 9.17) is 9.47 Å². The number of halogens is 1. The molecule has 1 heterocycles. The lowest BCUT2D eigenvalue weighted by Crippen LogP contribution is -2.09. The van der Waals surface area contributed by atoms with E-state index >= 15 is 0 Å². The molecular formula is C19H16BrNO4S. The zero-order chi connectivity index (χ0) is 18.7. The molecule has 0 saturated carbocycles. The molecule has 0 aliphatic carbocycles. The summed E-state index contributed by atoms with van der Waals surface area (Å²) >= 11 is 4.79. The Labute approximate surface area is 163 Å². The van der Waals surface area contributed by atoms with Crippen LogP contribution in [0.1, 0.15) is 22.8 Å². The first-order chi connectivity index (χ1) is 12.5. The van der Waals surface area contributed by atoms with Crippen molar-refractivity contribution in [1.82, 2.24) is 0 Å². The van der Waals surface area contributed by atoms with Gasteiger partial charge in [-0.25, -0.2) is 4.79 Å². The number of rotatable bonds is 5. The Morgan fingerprint density at radius 2 is 1.88 bits per heavy atom. The number of benzene rings is 2. The number of carbonyl (C=O) groups excluding carboxylic acids is 2. The second-order valence-corrected chi connectivity index (χ2v) is 7.38. The lowest BCUT2D eigenvalue weighted by Gasteiger charge is -2.09. The van der Waals surface area contributed by atoms with Gasteiger partial charge in [-0.2, -0.15) is 0 Å². The molecule has 3 aromatic rings. The van der Waals surface area contributed by atoms with E-state index in [1.54, 1.807) is 0 Å². The topological polar surface area (TPSA) is 64.6 Å². The molecule has 134 valence electrons. The number of ether oxygens (including phenoxy) is 2. The molecule has 0 bridgehead atoms. The molecule has 0 aliphatic heterocycles. The largest absolute Gasteiger partial charge is 0.486 e. The molecule has 0 fully saturated rings. The average molecular weight is 434 g/mol. The molecule has 0 radical (unpaired) electrons. The van der Waals surface area contributed by atoms with Crippen LogP contribution >= 0.6 is 27.3 Å². The quantitative estimate of drug-likeness (QED) is 0.575. The highest BCUT2D eigenvalue weighted by Gasteiger charge is 2.23. The van der Waals surface area contributed by atoms with E-state index in [0.29, 0.717) is 28.3 Å². The average Bonchev–Trinajstić information content (AvgIpc) is 2.98. The van der Waals surface area contributed by atoms with Crippen molar-refractivity contribution in [1.29, 1.82) is 0 Å². The molecular weight excluding hydrogens is 418 g/mol. The summed E-state index contributed by atoms with van der Waals surface area (Å²) in [5, 5.41) is 3.83. The Kier molecular flexibility index (Phi) is 5.58. The number of amides is 1. The van der Waals surface area contributed by atoms with E-state index in [1.165, 1.54) is 25.4 Å². The third-order valence-corrected chi connectivity index (χ3v) is 5.41. The van der Waals surface area contributed by atoms with Crippen LogP contribution in [0.3, 0.4) is 0 Å². The molecule has 26 heavy (non-hydrogen) atoms. The molecule has 3 rings (SSSR count). The van der Waals surface area contributed by atoms with E-state index in [1.807, 2.05) is 42.5 Å². The minimum atomic E-state index is -0.503. The highest BCUT2D eigenvalue weighted by atomic mass is 79.9. The van der Waals surface area contributed by atoms with Gasteiger partial charge in [0.2, 0.25) is 5.91 Å². The minimum absolute atomic E-state index is 0.257. The van der Waals surface area contributed by atoms with Gasteiger partial charge in [0.25, 0.3) is 0 Å². The molecule has 5 nitrogen and oxygen atoms in total. The second-order valence-electron chi connectivity index (χ2n) is 5.51. The van der Waals surface area contributed by atoms with Crippen molar-refractivity contribution in [2.45, 2.75) is 13.5 Å². The van der Waals surface area contributed by atoms with Crippen molar-refractivity contribution in [3.63, 3.8) is 0 Å². The highest BCUT2D eigenvalue weighted by Crippen LogP contribution is 2.44. The summed E-state index contributed by atoms with van der Waals surface area (Å²) in [6.07, 6.45) is 0. The zero-order valence-corrected chi connectivity index (χ0v) is 16.6. The van der Waals surface area contributed by atoms with Gasteiger partial charge in [-0.3, -0.25) is 4.79 Å². The normalized spacial score (nSPS) is 10.6. The van der Waals surface area contributed by atoms with Crippen molar-refractivity contribution >= 4 is 54.2 Å². The maximum Gasteiger partial charge on any atom is 0.341 e. The number of nitrogens with one attached hydrogen (secondary N) is 1. The summed E-state index contributed by atoms with van der Waals surface area (Å²) in [6.45, 7) is 1.79. The molecule has 1 N–H and O–H groups in total. The molecule has 0 saturated heterocycles. The van der Waals surface area contributed by atoms with Gasteiger partial charge in [0.15, 0.2) is 5.75 Å². The first-order valence-corrected chi connectivity index (χ1v) is 9.40. The smallest absolute Gasteiger partial charge is 0.341 e. The van der Waals surface area contributed by atoms with Gasteiger partial charge in [-0.05, 0) is 27.6 Å². The minimum Gasteiger partial charge on any atom is -0.486 e. The van der Waals surface area contributed by atoms with Gasteiger partial charge >= 0.3 is 5.97 Å². The number of fused-ring (bicyclic) bond motifs is 1. The molecule has 2 aromatic carbocycles. The molecule has 0 unspecified atom stereocenters. The van der Waals surface area contributed by atoms with E-state index < -0.39 is 5.97 Å². The maximum absolute atomic E-state index is 12.2. The van der Waals surface area contributed by atoms with Gasteiger partial charge in [0, 0.05) is 12.3 Å². The molecule has 0 aliphatic rings. The number of esters is 1. The first kappa shape index (κ1) is 18.4. The van der Waals surface area contributed by atoms with Crippen molar-refractivity contribution in [3.8, 4) is 5.75 Å². The highest BCUT2D eigenvalue weighted by molar-refractivity contribution is 9.10. The van der Waals surface area contributed by atoms with E-state index in [2.05, 4.69) is 21.2 Å². The van der Waals surface area contributed by atoms with Gasteiger partial charge in [0.1, 0.15) is 17.2 Å². The maximum atomic E-state index is 12.2. The summed E-state index contributed by atoms with van der Waals surface area (Å²) in [5.41, 5.74) is 1.36. The first-order valence-electron chi connectivity index (χ1n) is 7.79. The summed E-state index contributed by atoms with van der Waals surface area (Å²) < 4.78 is 12.4. The monoisotopic (exact) mass is 433 g/mol. The third-order valence-electron chi connectivity index (χ3n) is 3.67. The predicted molar refractivity (Wildman–Crippen MR) is 106 cm³/mol. The number of carbonyl (C=O) groups is 2. The molecule has 1 amide bonds. The number of anilines is 1. The predicted octanol–water partition coefficient (Wildman–Crippen LogP) is 4.99. The van der Waals surface area contributed by atoms with Crippen LogP contribution in [0, 0.1) is 0 Å². The van der Waals surface area contributed by atoms with Crippen LogP contribution in [0.5, 0.6) is 5.75 Å². The van der Waals surface area contributed by atoms with Crippen LogP contribution in [-0.4, -0.2) is 19.0 Å². The van der Waals surface area contributed by atoms with E-state index in [9.17, 15) is 9.59 Å². The van der Waals surface area contributed by atoms with Gasteiger partial charge in [-0.1, -0.05) is 36.4 Å². The second kappa shape index (κ2) is 7.88. The fourth-order valence-electron chi connectivity index (χ4n) is 2.53. The van der Waals surface area contributed by atoms with Crippen LogP contribution < -0.4 is 10.1 Å². The summed E-state index contributed by atoms with van der Waals surface area (Å²) in [7, 11) is 1.31. The van der Waals surface area contributed by atoms with Crippen LogP contribution in [0.4, 0.5) is 5.00 Å². The van der Waals surface area contributed by atoms with Crippen LogP contribution in [0.2, 0.25) is 0 Å². The van der Waals surface area contributed by atoms with Crippen LogP contribution in [0.25, 0.3) is 10.1 Å². The number of hydrogen-bond donors (Lipinski definition) is 1. The van der Waals surface area contributed by atoms with Crippen molar-refractivity contribution < 1.29 is 19.1 Å². The molecule has 7 heteroatoms. The van der Waals surface area contributed by atoms with E-state index in [0.717, 1.165) is 14.7 Å². The SMILES string of the molecule is COC(=O)c1c(NC(C)=O)sc2c(OCc3ccccc3)c(Br)ccc12. The van der Waals surface area contributed by atoms with Gasteiger partial charge in [0.05, 0.1) is 16.3 Å². The number of hydrogen-bond acceptors (Lipinski definition) is 5. The van der Waals surface area contributed by atoms with Crippen molar-refractivity contribution in [3.05, 3.63) is 58.1 Å². The molecule has 0 atom stereocenters.